The molecule has 0 unspecified atom stereocenters. The molecular weight excluding hydrogens is 284 g/mol. The fourth-order valence-corrected chi connectivity index (χ4v) is 2.66. The zero-order valence-electron chi connectivity index (χ0n) is 12.6. The Morgan fingerprint density at radius 1 is 1.04 bits per heavy atom. The van der Waals surface area contributed by atoms with Crippen LogP contribution in [0.5, 0.6) is 0 Å². The molecule has 0 saturated carbocycles. The molecule has 4 nitrogen and oxygen atoms in total. The largest absolute Gasteiger partial charge is 0.387 e. The van der Waals surface area contributed by atoms with Crippen LogP contribution in [0.3, 0.4) is 0 Å². The molecule has 4 heteroatoms. The number of pyridine rings is 1. The van der Waals surface area contributed by atoms with Crippen molar-refractivity contribution in [1.82, 2.24) is 20.1 Å². The number of allylic oxidation sites excluding steroid dienone is 2. The number of benzene rings is 1. The van der Waals surface area contributed by atoms with E-state index in [-0.39, 0.29) is 0 Å². The van der Waals surface area contributed by atoms with Crippen molar-refractivity contribution < 1.29 is 0 Å². The van der Waals surface area contributed by atoms with Gasteiger partial charge < -0.3 is 5.32 Å². The van der Waals surface area contributed by atoms with Gasteiger partial charge in [0.05, 0.1) is 17.1 Å². The number of rotatable bonds is 3. The molecule has 0 spiro atoms. The molecule has 23 heavy (non-hydrogen) atoms. The summed E-state index contributed by atoms with van der Waals surface area (Å²) in [4.78, 5) is 4.24. The highest BCUT2D eigenvalue weighted by Gasteiger charge is 2.14. The summed E-state index contributed by atoms with van der Waals surface area (Å²) in [5.41, 5.74) is 5.28. The van der Waals surface area contributed by atoms with Gasteiger partial charge in [-0.05, 0) is 48.2 Å². The average molecular weight is 300 g/mol. The lowest BCUT2D eigenvalue weighted by Crippen LogP contribution is -2.12. The van der Waals surface area contributed by atoms with Crippen molar-refractivity contribution in [2.75, 3.05) is 6.54 Å². The summed E-state index contributed by atoms with van der Waals surface area (Å²) >= 11 is 0. The molecule has 112 valence electrons. The number of para-hydroxylation sites is 1. The number of hydrogen-bond acceptors (Lipinski definition) is 3. The Morgan fingerprint density at radius 3 is 2.70 bits per heavy atom. The van der Waals surface area contributed by atoms with Gasteiger partial charge in [-0.3, -0.25) is 4.98 Å². The standard InChI is InChI=1S/C19H16N4/c1-2-8-17(9-3-1)23-19(16-7-5-11-21-14-16)12-18(22-23)15-6-4-10-20-13-15/h1-12,14,20H,13H2. The Labute approximate surface area is 134 Å². The summed E-state index contributed by atoms with van der Waals surface area (Å²) in [5, 5.41) is 8.06. The smallest absolute Gasteiger partial charge is 0.0911 e. The van der Waals surface area contributed by atoms with Crippen molar-refractivity contribution >= 4 is 5.57 Å². The highest BCUT2D eigenvalue weighted by Crippen LogP contribution is 2.26. The summed E-state index contributed by atoms with van der Waals surface area (Å²) in [7, 11) is 0. The first-order valence-electron chi connectivity index (χ1n) is 7.57. The molecule has 3 aromatic rings. The van der Waals surface area contributed by atoms with Crippen LogP contribution < -0.4 is 5.32 Å². The summed E-state index contributed by atoms with van der Waals surface area (Å²) in [5.74, 6) is 0. The minimum atomic E-state index is 0.786. The van der Waals surface area contributed by atoms with Gasteiger partial charge in [-0.15, -0.1) is 0 Å². The fourth-order valence-electron chi connectivity index (χ4n) is 2.66. The van der Waals surface area contributed by atoms with E-state index in [4.69, 9.17) is 5.10 Å². The molecule has 4 rings (SSSR count). The van der Waals surface area contributed by atoms with E-state index in [2.05, 4.69) is 40.6 Å². The van der Waals surface area contributed by atoms with E-state index in [0.717, 1.165) is 29.2 Å². The van der Waals surface area contributed by atoms with Gasteiger partial charge in [-0.2, -0.15) is 5.10 Å². The molecule has 0 amide bonds. The lowest BCUT2D eigenvalue weighted by atomic mass is 10.1. The normalized spacial score (nSPS) is 13.5. The quantitative estimate of drug-likeness (QED) is 0.806. The number of hydrogen-bond donors (Lipinski definition) is 1. The average Bonchev–Trinajstić information content (AvgIpc) is 3.09. The van der Waals surface area contributed by atoms with Crippen LogP contribution >= 0.6 is 0 Å². The van der Waals surface area contributed by atoms with Gasteiger partial charge in [0.25, 0.3) is 0 Å². The van der Waals surface area contributed by atoms with Crippen LogP contribution in [-0.2, 0) is 0 Å². The van der Waals surface area contributed by atoms with E-state index in [0.29, 0.717) is 0 Å². The second kappa shape index (κ2) is 5.93. The summed E-state index contributed by atoms with van der Waals surface area (Å²) in [6, 6.07) is 16.3. The summed E-state index contributed by atoms with van der Waals surface area (Å²) in [6.45, 7) is 0.786. The maximum atomic E-state index is 4.83. The molecule has 1 aromatic carbocycles. The van der Waals surface area contributed by atoms with Crippen LogP contribution in [0.2, 0.25) is 0 Å². The Kier molecular flexibility index (Phi) is 3.48. The Morgan fingerprint density at radius 2 is 1.96 bits per heavy atom. The second-order valence-electron chi connectivity index (χ2n) is 5.34. The van der Waals surface area contributed by atoms with Gasteiger partial charge >= 0.3 is 0 Å². The van der Waals surface area contributed by atoms with Crippen molar-refractivity contribution in [3.05, 3.63) is 85.0 Å². The van der Waals surface area contributed by atoms with E-state index in [1.807, 2.05) is 47.4 Å². The van der Waals surface area contributed by atoms with Crippen LogP contribution in [-0.4, -0.2) is 21.3 Å². The molecule has 1 N–H and O–H groups in total. The van der Waals surface area contributed by atoms with Gasteiger partial charge in [0, 0.05) is 24.5 Å². The third-order valence-corrected chi connectivity index (χ3v) is 3.80. The van der Waals surface area contributed by atoms with Crippen molar-refractivity contribution in [1.29, 1.82) is 0 Å². The molecule has 2 aromatic heterocycles. The van der Waals surface area contributed by atoms with Gasteiger partial charge in [0.15, 0.2) is 0 Å². The fraction of sp³-hybridized carbons (Fsp3) is 0.0526. The maximum absolute atomic E-state index is 4.83. The van der Waals surface area contributed by atoms with Crippen molar-refractivity contribution in [3.8, 4) is 16.9 Å². The molecule has 3 heterocycles. The van der Waals surface area contributed by atoms with E-state index in [1.54, 1.807) is 6.20 Å². The zero-order chi connectivity index (χ0) is 15.5. The topological polar surface area (TPSA) is 42.7 Å². The minimum absolute atomic E-state index is 0.786. The van der Waals surface area contributed by atoms with Crippen LogP contribution in [0, 0.1) is 0 Å². The third kappa shape index (κ3) is 2.66. The monoisotopic (exact) mass is 300 g/mol. The molecule has 0 saturated heterocycles. The van der Waals surface area contributed by atoms with Gasteiger partial charge in [0.1, 0.15) is 0 Å². The van der Waals surface area contributed by atoms with Crippen LogP contribution in [0.15, 0.2) is 79.3 Å². The molecule has 0 radical (unpaired) electrons. The van der Waals surface area contributed by atoms with Crippen molar-refractivity contribution in [2.24, 2.45) is 0 Å². The predicted octanol–water partition coefficient (Wildman–Crippen LogP) is 3.43. The Balaban J connectivity index is 1.88. The van der Waals surface area contributed by atoms with Crippen LogP contribution in [0.25, 0.3) is 22.5 Å². The lowest BCUT2D eigenvalue weighted by Gasteiger charge is -2.08. The van der Waals surface area contributed by atoms with Crippen molar-refractivity contribution in [3.63, 3.8) is 0 Å². The summed E-state index contributed by atoms with van der Waals surface area (Å²) in [6.07, 6.45) is 9.70. The van der Waals surface area contributed by atoms with Gasteiger partial charge in [-0.25, -0.2) is 4.68 Å². The Hall–Kier alpha value is -3.14. The predicted molar refractivity (Wildman–Crippen MR) is 91.9 cm³/mol. The first-order valence-corrected chi connectivity index (χ1v) is 7.57. The van der Waals surface area contributed by atoms with Gasteiger partial charge in [-0.1, -0.05) is 24.3 Å². The van der Waals surface area contributed by atoms with E-state index in [1.165, 1.54) is 5.57 Å². The molecule has 0 fully saturated rings. The molecule has 0 bridgehead atoms. The number of nitrogens with one attached hydrogen (secondary N) is 1. The van der Waals surface area contributed by atoms with E-state index < -0.39 is 0 Å². The van der Waals surface area contributed by atoms with E-state index in [9.17, 15) is 0 Å². The highest BCUT2D eigenvalue weighted by molar-refractivity contribution is 5.72. The number of aromatic nitrogens is 3. The molecule has 1 aliphatic rings. The Bertz CT molecular complexity index is 804. The zero-order valence-corrected chi connectivity index (χ0v) is 12.6. The van der Waals surface area contributed by atoms with Crippen molar-refractivity contribution in [2.45, 2.75) is 0 Å². The van der Waals surface area contributed by atoms with Gasteiger partial charge in [0.2, 0.25) is 0 Å². The maximum Gasteiger partial charge on any atom is 0.0911 e. The number of nitrogens with zero attached hydrogens (tertiary/aromatic N) is 3. The highest BCUT2D eigenvalue weighted by atomic mass is 15.3. The lowest BCUT2D eigenvalue weighted by molar-refractivity contribution is 0.872. The van der Waals surface area contributed by atoms with Crippen LogP contribution in [0.4, 0.5) is 0 Å². The summed E-state index contributed by atoms with van der Waals surface area (Å²) < 4.78 is 1.98. The third-order valence-electron chi connectivity index (χ3n) is 3.80. The first kappa shape index (κ1) is 13.5. The molecule has 0 atom stereocenters. The minimum Gasteiger partial charge on any atom is -0.387 e. The SMILES string of the molecule is C1=CNCC(c2cc(-c3cccnc3)n(-c3ccccc3)n2)=C1. The van der Waals surface area contributed by atoms with Crippen LogP contribution in [0.1, 0.15) is 5.69 Å². The molecular formula is C19H16N4. The first-order chi connectivity index (χ1) is 11.4. The second-order valence-corrected chi connectivity index (χ2v) is 5.34. The van der Waals surface area contributed by atoms with E-state index >= 15 is 0 Å². The number of dihydropyridines is 1. The molecule has 0 aliphatic carbocycles. The molecule has 1 aliphatic heterocycles.